The van der Waals surface area contributed by atoms with Crippen LogP contribution in [0.4, 0.5) is 0 Å². The van der Waals surface area contributed by atoms with Crippen molar-refractivity contribution >= 4 is 11.9 Å². The smallest absolute Gasteiger partial charge is 0.308 e. The Morgan fingerprint density at radius 3 is 2.22 bits per heavy atom. The fourth-order valence-electron chi connectivity index (χ4n) is 1.74. The molecular formula is C12H20O6. The summed E-state index contributed by atoms with van der Waals surface area (Å²) in [5.74, 6) is -0.834. The number of ether oxygens (including phenoxy) is 4. The molecule has 0 aromatic rings. The Kier molecular flexibility index (Phi) is 6.67. The van der Waals surface area contributed by atoms with Crippen LogP contribution in [0.25, 0.3) is 0 Å². The molecule has 0 bridgehead atoms. The lowest BCUT2D eigenvalue weighted by molar-refractivity contribution is -0.196. The van der Waals surface area contributed by atoms with Crippen LogP contribution in [0.3, 0.4) is 0 Å². The summed E-state index contributed by atoms with van der Waals surface area (Å²) in [5, 5.41) is 0. The molecule has 1 aliphatic rings. The van der Waals surface area contributed by atoms with E-state index in [-0.39, 0.29) is 19.1 Å². The van der Waals surface area contributed by atoms with Gasteiger partial charge < -0.3 is 18.9 Å². The summed E-state index contributed by atoms with van der Waals surface area (Å²) in [6, 6.07) is 0. The van der Waals surface area contributed by atoms with Gasteiger partial charge in [0.2, 0.25) is 0 Å². The number of esters is 2. The quantitative estimate of drug-likeness (QED) is 0.664. The van der Waals surface area contributed by atoms with Gasteiger partial charge >= 0.3 is 11.9 Å². The van der Waals surface area contributed by atoms with E-state index in [1.54, 1.807) is 0 Å². The van der Waals surface area contributed by atoms with Crippen molar-refractivity contribution in [2.24, 2.45) is 0 Å². The Balaban J connectivity index is 2.46. The number of carbonyl (C=O) groups is 2. The van der Waals surface area contributed by atoms with Gasteiger partial charge in [0.15, 0.2) is 6.29 Å². The van der Waals surface area contributed by atoms with Crippen molar-refractivity contribution < 1.29 is 28.5 Å². The fraction of sp³-hybridized carbons (Fsp3) is 0.833. The molecule has 6 heteroatoms. The highest BCUT2D eigenvalue weighted by Crippen LogP contribution is 2.18. The SMILES string of the molecule is COC(=O)CC(CC(=O)OC)OC1CCCCO1. The van der Waals surface area contributed by atoms with Gasteiger partial charge in [-0.1, -0.05) is 0 Å². The minimum absolute atomic E-state index is 0.0193. The number of carbonyl (C=O) groups excluding carboxylic acids is 2. The molecule has 1 unspecified atom stereocenters. The van der Waals surface area contributed by atoms with Gasteiger partial charge in [0.05, 0.1) is 33.2 Å². The first kappa shape index (κ1) is 14.9. The van der Waals surface area contributed by atoms with Crippen LogP contribution in [-0.2, 0) is 28.5 Å². The van der Waals surface area contributed by atoms with Gasteiger partial charge in [-0.05, 0) is 19.3 Å². The van der Waals surface area contributed by atoms with E-state index in [0.717, 1.165) is 19.3 Å². The van der Waals surface area contributed by atoms with Crippen LogP contribution in [0.2, 0.25) is 0 Å². The van der Waals surface area contributed by atoms with E-state index in [0.29, 0.717) is 6.61 Å². The fourth-order valence-corrected chi connectivity index (χ4v) is 1.74. The standard InChI is InChI=1S/C12H20O6/c1-15-10(13)7-9(8-11(14)16-2)18-12-5-3-4-6-17-12/h9,12H,3-8H2,1-2H3. The second-order valence-electron chi connectivity index (χ2n) is 4.11. The number of methoxy groups -OCH3 is 2. The Morgan fingerprint density at radius 1 is 1.17 bits per heavy atom. The summed E-state index contributed by atoms with van der Waals surface area (Å²) >= 11 is 0. The normalized spacial score (nSPS) is 19.6. The zero-order valence-electron chi connectivity index (χ0n) is 10.8. The summed E-state index contributed by atoms with van der Waals surface area (Å²) in [4.78, 5) is 22.5. The number of hydrogen-bond acceptors (Lipinski definition) is 6. The van der Waals surface area contributed by atoms with Crippen LogP contribution >= 0.6 is 0 Å². The molecule has 0 aliphatic carbocycles. The van der Waals surface area contributed by atoms with Gasteiger partial charge in [0.25, 0.3) is 0 Å². The van der Waals surface area contributed by atoms with E-state index in [2.05, 4.69) is 9.47 Å². The molecule has 0 saturated carbocycles. The number of rotatable bonds is 6. The lowest BCUT2D eigenvalue weighted by Crippen LogP contribution is -2.31. The van der Waals surface area contributed by atoms with Gasteiger partial charge in [-0.15, -0.1) is 0 Å². The molecule has 0 aromatic heterocycles. The zero-order valence-corrected chi connectivity index (χ0v) is 10.8. The van der Waals surface area contributed by atoms with E-state index < -0.39 is 18.0 Å². The molecule has 1 fully saturated rings. The van der Waals surface area contributed by atoms with Crippen molar-refractivity contribution in [1.82, 2.24) is 0 Å². The molecule has 1 atom stereocenters. The van der Waals surface area contributed by atoms with E-state index in [1.165, 1.54) is 14.2 Å². The van der Waals surface area contributed by atoms with E-state index in [1.807, 2.05) is 0 Å². The van der Waals surface area contributed by atoms with Crippen molar-refractivity contribution in [2.75, 3.05) is 20.8 Å². The Labute approximate surface area is 107 Å². The first-order valence-corrected chi connectivity index (χ1v) is 6.06. The molecule has 1 rings (SSSR count). The number of hydrogen-bond donors (Lipinski definition) is 0. The second-order valence-corrected chi connectivity index (χ2v) is 4.11. The molecule has 0 radical (unpaired) electrons. The topological polar surface area (TPSA) is 71.1 Å². The highest BCUT2D eigenvalue weighted by Gasteiger charge is 2.24. The summed E-state index contributed by atoms with van der Waals surface area (Å²) in [6.45, 7) is 0.647. The maximum Gasteiger partial charge on any atom is 0.308 e. The molecule has 1 saturated heterocycles. The molecule has 18 heavy (non-hydrogen) atoms. The molecule has 6 nitrogen and oxygen atoms in total. The monoisotopic (exact) mass is 260 g/mol. The highest BCUT2D eigenvalue weighted by molar-refractivity contribution is 5.73. The molecule has 0 spiro atoms. The van der Waals surface area contributed by atoms with Gasteiger partial charge in [0.1, 0.15) is 0 Å². The van der Waals surface area contributed by atoms with Crippen LogP contribution < -0.4 is 0 Å². The lowest BCUT2D eigenvalue weighted by atomic mass is 10.1. The van der Waals surface area contributed by atoms with Crippen molar-refractivity contribution in [3.05, 3.63) is 0 Å². The second kappa shape index (κ2) is 8.05. The minimum atomic E-state index is -0.562. The molecule has 104 valence electrons. The summed E-state index contributed by atoms with van der Waals surface area (Å²) in [5.41, 5.74) is 0. The first-order chi connectivity index (χ1) is 8.65. The van der Waals surface area contributed by atoms with Crippen molar-refractivity contribution in [1.29, 1.82) is 0 Å². The van der Waals surface area contributed by atoms with Crippen LogP contribution in [0.1, 0.15) is 32.1 Å². The lowest BCUT2D eigenvalue weighted by Gasteiger charge is -2.26. The maximum atomic E-state index is 11.2. The summed E-state index contributed by atoms with van der Waals surface area (Å²) in [7, 11) is 2.60. The molecular weight excluding hydrogens is 240 g/mol. The summed E-state index contributed by atoms with van der Waals surface area (Å²) < 4.78 is 20.2. The molecule has 0 aromatic carbocycles. The van der Waals surface area contributed by atoms with Crippen LogP contribution in [0.15, 0.2) is 0 Å². The van der Waals surface area contributed by atoms with Crippen molar-refractivity contribution in [3.8, 4) is 0 Å². The molecule has 0 amide bonds. The minimum Gasteiger partial charge on any atom is -0.469 e. The molecule has 1 aliphatic heterocycles. The van der Waals surface area contributed by atoms with E-state index in [4.69, 9.17) is 9.47 Å². The maximum absolute atomic E-state index is 11.2. The average Bonchev–Trinajstić information content (AvgIpc) is 2.39. The van der Waals surface area contributed by atoms with Crippen LogP contribution in [0.5, 0.6) is 0 Å². The zero-order chi connectivity index (χ0) is 13.4. The van der Waals surface area contributed by atoms with Crippen LogP contribution in [-0.4, -0.2) is 45.2 Å². The molecule has 1 heterocycles. The van der Waals surface area contributed by atoms with E-state index >= 15 is 0 Å². The van der Waals surface area contributed by atoms with E-state index in [9.17, 15) is 9.59 Å². The third kappa shape index (κ3) is 5.46. The molecule has 0 N–H and O–H groups in total. The van der Waals surface area contributed by atoms with Gasteiger partial charge in [-0.3, -0.25) is 9.59 Å². The highest BCUT2D eigenvalue weighted by atomic mass is 16.7. The predicted octanol–water partition coefficient (Wildman–Crippen LogP) is 1.02. The third-order valence-corrected chi connectivity index (χ3v) is 2.73. The van der Waals surface area contributed by atoms with Crippen molar-refractivity contribution in [2.45, 2.75) is 44.5 Å². The van der Waals surface area contributed by atoms with Gasteiger partial charge in [0, 0.05) is 6.61 Å². The van der Waals surface area contributed by atoms with Gasteiger partial charge in [-0.2, -0.15) is 0 Å². The average molecular weight is 260 g/mol. The predicted molar refractivity (Wildman–Crippen MR) is 61.7 cm³/mol. The first-order valence-electron chi connectivity index (χ1n) is 6.06. The Hall–Kier alpha value is -1.14. The van der Waals surface area contributed by atoms with Crippen molar-refractivity contribution in [3.63, 3.8) is 0 Å². The summed E-state index contributed by atoms with van der Waals surface area (Å²) in [6.07, 6.45) is 1.94. The third-order valence-electron chi connectivity index (χ3n) is 2.73. The largest absolute Gasteiger partial charge is 0.469 e. The Bertz CT molecular complexity index is 254. The van der Waals surface area contributed by atoms with Gasteiger partial charge in [-0.25, -0.2) is 0 Å². The van der Waals surface area contributed by atoms with Crippen LogP contribution in [0, 0.1) is 0 Å². The Morgan fingerprint density at radius 2 is 1.78 bits per heavy atom.